The van der Waals surface area contributed by atoms with Crippen molar-refractivity contribution in [3.8, 4) is 16.8 Å². The van der Waals surface area contributed by atoms with E-state index in [0.717, 1.165) is 5.69 Å². The minimum absolute atomic E-state index is 1.15. The number of aromatic nitrogens is 2. The van der Waals surface area contributed by atoms with Gasteiger partial charge in [0.15, 0.2) is 0 Å². The van der Waals surface area contributed by atoms with E-state index >= 15 is 0 Å². The summed E-state index contributed by atoms with van der Waals surface area (Å²) in [5.41, 5.74) is 9.76. The molecule has 236 valence electrons. The van der Waals surface area contributed by atoms with Crippen LogP contribution in [0.1, 0.15) is 0 Å². The molecule has 3 heteroatoms. The second kappa shape index (κ2) is 10.1. The van der Waals surface area contributed by atoms with Crippen LogP contribution in [0.3, 0.4) is 0 Å². The van der Waals surface area contributed by atoms with Crippen LogP contribution in [0.4, 0.5) is 0 Å². The van der Waals surface area contributed by atoms with Crippen molar-refractivity contribution in [2.45, 2.75) is 0 Å². The van der Waals surface area contributed by atoms with E-state index in [0.29, 0.717) is 0 Å². The van der Waals surface area contributed by atoms with Gasteiger partial charge in [0.1, 0.15) is 0 Å². The molecule has 0 unspecified atom stereocenters. The molecule has 0 saturated heterocycles. The van der Waals surface area contributed by atoms with Crippen molar-refractivity contribution in [3.63, 3.8) is 0 Å². The SMILES string of the molecule is c1ccc(-c2ccc(-n3c4ccccc4c4ccc5c6cccc7c8ccccc8c8cccc9sc%10cccc(c%10c98)n(c76)c5c43)cc2)cc1. The van der Waals surface area contributed by atoms with Gasteiger partial charge in [-0.2, -0.15) is 0 Å². The number of benzene rings is 8. The summed E-state index contributed by atoms with van der Waals surface area (Å²) < 4.78 is 7.75. The summed E-state index contributed by atoms with van der Waals surface area (Å²) in [6.07, 6.45) is 0. The molecule has 0 fully saturated rings. The van der Waals surface area contributed by atoms with Crippen LogP contribution in [-0.4, -0.2) is 8.97 Å². The van der Waals surface area contributed by atoms with Crippen LogP contribution in [0.15, 0.2) is 170 Å². The maximum absolute atomic E-state index is 2.61. The van der Waals surface area contributed by atoms with Gasteiger partial charge in [-0.25, -0.2) is 0 Å². The van der Waals surface area contributed by atoms with Crippen LogP contribution >= 0.6 is 11.3 Å². The van der Waals surface area contributed by atoms with Crippen LogP contribution < -0.4 is 0 Å². The van der Waals surface area contributed by atoms with Crippen molar-refractivity contribution >= 4 is 102 Å². The van der Waals surface area contributed by atoms with Crippen LogP contribution in [0.25, 0.3) is 108 Å². The van der Waals surface area contributed by atoms with Gasteiger partial charge in [-0.05, 0) is 63.7 Å². The third-order valence-corrected chi connectivity index (χ3v) is 12.2. The molecule has 0 N–H and O–H groups in total. The molecule has 0 radical (unpaired) electrons. The number of nitrogens with zero attached hydrogens (tertiary/aromatic N) is 2. The van der Waals surface area contributed by atoms with Crippen LogP contribution in [0, 0.1) is 0 Å². The van der Waals surface area contributed by atoms with Gasteiger partial charge in [-0.1, -0.05) is 133 Å². The van der Waals surface area contributed by atoms with E-state index in [4.69, 9.17) is 0 Å². The van der Waals surface area contributed by atoms with Crippen molar-refractivity contribution in [3.05, 3.63) is 170 Å². The second-order valence-corrected chi connectivity index (χ2v) is 14.7. The monoisotopic (exact) mass is 664 g/mol. The Hall–Kier alpha value is -6.42. The zero-order valence-corrected chi connectivity index (χ0v) is 28.3. The Kier molecular flexibility index (Phi) is 5.41. The lowest BCUT2D eigenvalue weighted by atomic mass is 10.0. The fourth-order valence-corrected chi connectivity index (χ4v) is 10.1. The summed E-state index contributed by atoms with van der Waals surface area (Å²) in [4.78, 5) is 0. The predicted molar refractivity (Wildman–Crippen MR) is 220 cm³/mol. The van der Waals surface area contributed by atoms with E-state index in [1.54, 1.807) is 0 Å². The number of fused-ring (bicyclic) bond motifs is 11. The first-order chi connectivity index (χ1) is 25.3. The summed E-state index contributed by atoms with van der Waals surface area (Å²) in [6, 6.07) is 63.0. The molecule has 0 aliphatic heterocycles. The fraction of sp³-hybridized carbons (Fsp3) is 0. The van der Waals surface area contributed by atoms with Gasteiger partial charge in [0, 0.05) is 52.8 Å². The first-order valence-electron chi connectivity index (χ1n) is 17.5. The molecule has 0 amide bonds. The summed E-state index contributed by atoms with van der Waals surface area (Å²) in [5.74, 6) is 0. The Morgan fingerprint density at radius 2 is 0.843 bits per heavy atom. The highest BCUT2D eigenvalue weighted by Gasteiger charge is 2.22. The van der Waals surface area contributed by atoms with Gasteiger partial charge in [-0.3, -0.25) is 0 Å². The van der Waals surface area contributed by atoms with Crippen LogP contribution in [0.5, 0.6) is 0 Å². The van der Waals surface area contributed by atoms with E-state index in [-0.39, 0.29) is 0 Å². The van der Waals surface area contributed by atoms with Crippen molar-refractivity contribution in [2.24, 2.45) is 0 Å². The zero-order valence-electron chi connectivity index (χ0n) is 27.5. The van der Waals surface area contributed by atoms with Crippen molar-refractivity contribution < 1.29 is 0 Å². The number of thiophene rings is 1. The van der Waals surface area contributed by atoms with Crippen molar-refractivity contribution in [2.75, 3.05) is 0 Å². The Morgan fingerprint density at radius 3 is 1.65 bits per heavy atom. The lowest BCUT2D eigenvalue weighted by molar-refractivity contribution is 1.18. The largest absolute Gasteiger partial charge is 0.307 e. The average molecular weight is 665 g/mol. The highest BCUT2D eigenvalue weighted by Crippen LogP contribution is 2.46. The van der Waals surface area contributed by atoms with E-state index in [1.807, 2.05) is 11.3 Å². The molecule has 0 saturated carbocycles. The lowest BCUT2D eigenvalue weighted by Gasteiger charge is -2.11. The molecule has 12 rings (SSSR count). The van der Waals surface area contributed by atoms with Crippen molar-refractivity contribution in [1.82, 2.24) is 8.97 Å². The normalized spacial score (nSPS) is 12.3. The van der Waals surface area contributed by atoms with Gasteiger partial charge < -0.3 is 8.97 Å². The Balaban J connectivity index is 1.37. The molecule has 0 aliphatic carbocycles. The third-order valence-electron chi connectivity index (χ3n) is 11.1. The second-order valence-electron chi connectivity index (χ2n) is 13.6. The molecule has 0 spiro atoms. The van der Waals surface area contributed by atoms with E-state index in [1.165, 1.54) is 102 Å². The molecule has 0 atom stereocenters. The maximum Gasteiger partial charge on any atom is 0.0789 e. The van der Waals surface area contributed by atoms with Crippen molar-refractivity contribution in [1.29, 1.82) is 0 Å². The minimum Gasteiger partial charge on any atom is -0.307 e. The zero-order chi connectivity index (χ0) is 33.2. The molecule has 4 aromatic heterocycles. The van der Waals surface area contributed by atoms with Gasteiger partial charge in [0.05, 0.1) is 27.6 Å². The molecule has 8 aromatic carbocycles. The molecule has 2 nitrogen and oxygen atoms in total. The number of rotatable bonds is 2. The van der Waals surface area contributed by atoms with E-state index in [9.17, 15) is 0 Å². The smallest absolute Gasteiger partial charge is 0.0789 e. The first-order valence-corrected chi connectivity index (χ1v) is 18.3. The minimum atomic E-state index is 1.15. The highest BCUT2D eigenvalue weighted by atomic mass is 32.1. The van der Waals surface area contributed by atoms with Crippen LogP contribution in [-0.2, 0) is 0 Å². The summed E-state index contributed by atoms with van der Waals surface area (Å²) in [6.45, 7) is 0. The standard InChI is InChI=1S/C48H28N2S/c1-2-11-29(12-3-1)30-23-25-31(26-24-30)49-40-19-7-6-15-34(40)38-27-28-39-37-18-8-17-36-33-14-5-4-13-32(33)35-16-9-21-42-44(35)45-41(20-10-22-43(45)51-42)50(46(36)37)48(39)47(38)49/h1-28H. The molecule has 12 aromatic rings. The molecule has 0 bridgehead atoms. The molecular formula is C48H28N2S. The number of hydrogen-bond donors (Lipinski definition) is 0. The molecule has 0 aliphatic rings. The fourth-order valence-electron chi connectivity index (χ4n) is 8.97. The van der Waals surface area contributed by atoms with Gasteiger partial charge >= 0.3 is 0 Å². The summed E-state index contributed by atoms with van der Waals surface area (Å²) in [5, 5.41) is 12.8. The topological polar surface area (TPSA) is 9.34 Å². The van der Waals surface area contributed by atoms with Crippen LogP contribution in [0.2, 0.25) is 0 Å². The Bertz CT molecular complexity index is 3400. The Morgan fingerprint density at radius 1 is 0.314 bits per heavy atom. The Labute approximate surface area is 296 Å². The lowest BCUT2D eigenvalue weighted by Crippen LogP contribution is -1.96. The molecule has 4 heterocycles. The number of para-hydroxylation sites is 2. The van der Waals surface area contributed by atoms with E-state index < -0.39 is 0 Å². The van der Waals surface area contributed by atoms with Gasteiger partial charge in [-0.15, -0.1) is 11.3 Å². The summed E-state index contributed by atoms with van der Waals surface area (Å²) in [7, 11) is 0. The molecular weight excluding hydrogens is 637 g/mol. The van der Waals surface area contributed by atoms with Gasteiger partial charge in [0.25, 0.3) is 0 Å². The third kappa shape index (κ3) is 3.60. The quantitative estimate of drug-likeness (QED) is 0.174. The number of hydrogen-bond acceptors (Lipinski definition) is 1. The highest BCUT2D eigenvalue weighted by molar-refractivity contribution is 7.26. The molecule has 51 heavy (non-hydrogen) atoms. The van der Waals surface area contributed by atoms with Gasteiger partial charge in [0.2, 0.25) is 0 Å². The maximum atomic E-state index is 2.61. The average Bonchev–Trinajstić information content (AvgIpc) is 3.87. The van der Waals surface area contributed by atoms with E-state index in [2.05, 4.69) is 179 Å². The predicted octanol–water partition coefficient (Wildman–Crippen LogP) is 13.7. The summed E-state index contributed by atoms with van der Waals surface area (Å²) >= 11 is 1.90. The first kappa shape index (κ1) is 27.4.